The standard InChI is InChI=1S/C17H21F3N6O3/c1-16(2,3)28-15(27)26-6-4-25(5-7-26)10-12-21-8-11(9-22-12)13-23-14(29-24-13)17(18,19)20/h8-9H,4-7,10H2,1-3H3. The van der Waals surface area contributed by atoms with Crippen molar-refractivity contribution < 1.29 is 27.2 Å². The van der Waals surface area contributed by atoms with Gasteiger partial charge in [-0.1, -0.05) is 5.16 Å². The van der Waals surface area contributed by atoms with Gasteiger partial charge in [0.25, 0.3) is 0 Å². The number of amides is 1. The molecule has 0 spiro atoms. The van der Waals surface area contributed by atoms with Crippen LogP contribution in [0.15, 0.2) is 16.9 Å². The number of hydrogen-bond donors (Lipinski definition) is 0. The maximum Gasteiger partial charge on any atom is 0.471 e. The van der Waals surface area contributed by atoms with Crippen molar-refractivity contribution in [3.63, 3.8) is 0 Å². The highest BCUT2D eigenvalue weighted by atomic mass is 19.4. The summed E-state index contributed by atoms with van der Waals surface area (Å²) in [4.78, 5) is 27.4. The number of aromatic nitrogens is 4. The first-order valence-corrected chi connectivity index (χ1v) is 8.94. The summed E-state index contributed by atoms with van der Waals surface area (Å²) in [6, 6.07) is 0. The molecule has 0 saturated carbocycles. The van der Waals surface area contributed by atoms with Gasteiger partial charge in [-0.2, -0.15) is 18.2 Å². The lowest BCUT2D eigenvalue weighted by Crippen LogP contribution is -2.49. The number of carbonyl (C=O) groups is 1. The van der Waals surface area contributed by atoms with Crippen LogP contribution in [0.25, 0.3) is 11.4 Å². The lowest BCUT2D eigenvalue weighted by atomic mass is 10.2. The Bertz CT molecular complexity index is 839. The van der Waals surface area contributed by atoms with Crippen LogP contribution in [-0.4, -0.2) is 67.8 Å². The molecule has 29 heavy (non-hydrogen) atoms. The fourth-order valence-electron chi connectivity index (χ4n) is 2.62. The van der Waals surface area contributed by atoms with E-state index in [0.29, 0.717) is 38.5 Å². The van der Waals surface area contributed by atoms with Crippen molar-refractivity contribution in [3.8, 4) is 11.4 Å². The van der Waals surface area contributed by atoms with E-state index in [-0.39, 0.29) is 17.5 Å². The topological polar surface area (TPSA) is 97.5 Å². The van der Waals surface area contributed by atoms with Gasteiger partial charge in [0.1, 0.15) is 11.4 Å². The maximum atomic E-state index is 12.5. The van der Waals surface area contributed by atoms with Crippen molar-refractivity contribution >= 4 is 6.09 Å². The minimum atomic E-state index is -4.70. The quantitative estimate of drug-likeness (QED) is 0.756. The average Bonchev–Trinajstić information content (AvgIpc) is 3.12. The van der Waals surface area contributed by atoms with E-state index in [1.54, 1.807) is 4.90 Å². The summed E-state index contributed by atoms with van der Waals surface area (Å²) in [6.07, 6.45) is -2.33. The molecular weight excluding hydrogens is 393 g/mol. The number of rotatable bonds is 3. The van der Waals surface area contributed by atoms with Crippen molar-refractivity contribution in [3.05, 3.63) is 24.1 Å². The Kier molecular flexibility index (Phi) is 5.73. The number of halogens is 3. The van der Waals surface area contributed by atoms with Crippen LogP contribution >= 0.6 is 0 Å². The predicted octanol–water partition coefficient (Wildman–Crippen LogP) is 2.60. The van der Waals surface area contributed by atoms with Gasteiger partial charge in [0.15, 0.2) is 0 Å². The van der Waals surface area contributed by atoms with E-state index >= 15 is 0 Å². The summed E-state index contributed by atoms with van der Waals surface area (Å²) in [5.41, 5.74) is -0.314. The van der Waals surface area contributed by atoms with E-state index in [1.165, 1.54) is 12.4 Å². The number of alkyl halides is 3. The van der Waals surface area contributed by atoms with E-state index < -0.39 is 17.7 Å². The van der Waals surface area contributed by atoms with Crippen LogP contribution in [0.1, 0.15) is 32.5 Å². The summed E-state index contributed by atoms with van der Waals surface area (Å²) >= 11 is 0. The molecule has 158 valence electrons. The van der Waals surface area contributed by atoms with Crippen molar-refractivity contribution in [1.29, 1.82) is 0 Å². The first-order valence-electron chi connectivity index (χ1n) is 8.94. The van der Waals surface area contributed by atoms with E-state index in [1.807, 2.05) is 20.8 Å². The van der Waals surface area contributed by atoms with Gasteiger partial charge < -0.3 is 14.2 Å². The third kappa shape index (κ3) is 5.62. The smallest absolute Gasteiger partial charge is 0.444 e. The van der Waals surface area contributed by atoms with E-state index in [0.717, 1.165) is 0 Å². The number of hydrogen-bond acceptors (Lipinski definition) is 8. The highest BCUT2D eigenvalue weighted by Crippen LogP contribution is 2.29. The lowest BCUT2D eigenvalue weighted by Gasteiger charge is -2.35. The first-order chi connectivity index (χ1) is 13.5. The Labute approximate surface area is 164 Å². The largest absolute Gasteiger partial charge is 0.471 e. The van der Waals surface area contributed by atoms with E-state index in [4.69, 9.17) is 4.74 Å². The molecule has 1 saturated heterocycles. The van der Waals surface area contributed by atoms with E-state index in [9.17, 15) is 18.0 Å². The van der Waals surface area contributed by atoms with Crippen LogP contribution in [0.5, 0.6) is 0 Å². The fourth-order valence-corrected chi connectivity index (χ4v) is 2.62. The molecule has 3 heterocycles. The zero-order valence-corrected chi connectivity index (χ0v) is 16.2. The predicted molar refractivity (Wildman–Crippen MR) is 93.4 cm³/mol. The van der Waals surface area contributed by atoms with Crippen LogP contribution in [0.3, 0.4) is 0 Å². The molecule has 0 aliphatic carbocycles. The van der Waals surface area contributed by atoms with Crippen LogP contribution in [0.2, 0.25) is 0 Å². The normalized spacial score (nSPS) is 16.1. The first kappa shape index (κ1) is 21.0. The lowest BCUT2D eigenvalue weighted by molar-refractivity contribution is -0.159. The van der Waals surface area contributed by atoms with Crippen molar-refractivity contribution in [2.75, 3.05) is 26.2 Å². The van der Waals surface area contributed by atoms with Gasteiger partial charge in [0, 0.05) is 38.6 Å². The molecule has 0 unspecified atom stereocenters. The Morgan fingerprint density at radius 1 is 1.14 bits per heavy atom. The Hall–Kier alpha value is -2.76. The molecule has 1 aliphatic heterocycles. The SMILES string of the molecule is CC(C)(C)OC(=O)N1CCN(Cc2ncc(-c3noc(C(F)(F)F)n3)cn2)CC1. The molecule has 0 atom stereocenters. The van der Waals surface area contributed by atoms with E-state index in [2.05, 4.69) is 29.5 Å². The Morgan fingerprint density at radius 2 is 1.76 bits per heavy atom. The molecule has 1 fully saturated rings. The highest BCUT2D eigenvalue weighted by molar-refractivity contribution is 5.68. The van der Waals surface area contributed by atoms with Crippen LogP contribution in [0.4, 0.5) is 18.0 Å². The summed E-state index contributed by atoms with van der Waals surface area (Å²) in [6.45, 7) is 8.21. The molecule has 3 rings (SSSR count). The van der Waals surface area contributed by atoms with Gasteiger partial charge >= 0.3 is 18.2 Å². The zero-order chi connectivity index (χ0) is 21.2. The minimum absolute atomic E-state index is 0.225. The van der Waals surface area contributed by atoms with Gasteiger partial charge in [0.2, 0.25) is 5.82 Å². The number of carbonyl (C=O) groups excluding carboxylic acids is 1. The zero-order valence-electron chi connectivity index (χ0n) is 16.2. The van der Waals surface area contributed by atoms with Gasteiger partial charge in [-0.15, -0.1) is 0 Å². The highest BCUT2D eigenvalue weighted by Gasteiger charge is 2.38. The molecule has 12 heteroatoms. The molecule has 1 amide bonds. The van der Waals surface area contributed by atoms with Crippen LogP contribution < -0.4 is 0 Å². The minimum Gasteiger partial charge on any atom is -0.444 e. The summed E-state index contributed by atoms with van der Waals surface area (Å²) in [7, 11) is 0. The van der Waals surface area contributed by atoms with Crippen molar-refractivity contribution in [2.24, 2.45) is 0 Å². The maximum absolute atomic E-state index is 12.5. The molecule has 0 bridgehead atoms. The third-order valence-electron chi connectivity index (χ3n) is 4.02. The van der Waals surface area contributed by atoms with Crippen molar-refractivity contribution in [1.82, 2.24) is 29.9 Å². The molecule has 2 aromatic rings. The second kappa shape index (κ2) is 7.93. The molecule has 2 aromatic heterocycles. The molecular formula is C17H21F3N6O3. The fraction of sp³-hybridized carbons (Fsp3) is 0.588. The molecule has 0 N–H and O–H groups in total. The second-order valence-electron chi connectivity index (χ2n) is 7.55. The monoisotopic (exact) mass is 414 g/mol. The Morgan fingerprint density at radius 3 is 2.28 bits per heavy atom. The average molecular weight is 414 g/mol. The Balaban J connectivity index is 1.53. The van der Waals surface area contributed by atoms with Crippen LogP contribution in [-0.2, 0) is 17.5 Å². The molecule has 0 aromatic carbocycles. The number of ether oxygens (including phenoxy) is 1. The molecule has 9 nitrogen and oxygen atoms in total. The number of nitrogens with zero attached hydrogens (tertiary/aromatic N) is 6. The molecule has 1 aliphatic rings. The second-order valence-corrected chi connectivity index (χ2v) is 7.55. The number of piperazine rings is 1. The summed E-state index contributed by atoms with van der Waals surface area (Å²) < 4.78 is 47.2. The molecule has 0 radical (unpaired) electrons. The summed E-state index contributed by atoms with van der Waals surface area (Å²) in [5.74, 6) is -1.15. The van der Waals surface area contributed by atoms with Gasteiger partial charge in [0.05, 0.1) is 12.1 Å². The van der Waals surface area contributed by atoms with Crippen molar-refractivity contribution in [2.45, 2.75) is 39.1 Å². The van der Waals surface area contributed by atoms with Gasteiger partial charge in [-0.3, -0.25) is 4.90 Å². The summed E-state index contributed by atoms with van der Waals surface area (Å²) in [5, 5.41) is 3.30. The van der Waals surface area contributed by atoms with Gasteiger partial charge in [-0.25, -0.2) is 14.8 Å². The van der Waals surface area contributed by atoms with Crippen LogP contribution in [0, 0.1) is 0 Å². The third-order valence-corrected chi connectivity index (χ3v) is 4.02. The van der Waals surface area contributed by atoms with Gasteiger partial charge in [-0.05, 0) is 20.8 Å².